The first-order valence-electron chi connectivity index (χ1n) is 12.8. The fourth-order valence-electron chi connectivity index (χ4n) is 5.28. The number of aromatic nitrogens is 4. The van der Waals surface area contributed by atoms with E-state index in [0.717, 1.165) is 74.7 Å². The Kier molecular flexibility index (Phi) is 6.53. The Morgan fingerprint density at radius 1 is 0.917 bits per heavy atom. The first-order valence-corrected chi connectivity index (χ1v) is 12.8. The van der Waals surface area contributed by atoms with Crippen LogP contribution in [0.2, 0.25) is 0 Å². The lowest BCUT2D eigenvalue weighted by Gasteiger charge is -2.32. The van der Waals surface area contributed by atoms with E-state index in [1.54, 1.807) is 12.1 Å². The number of phenolic OH excluding ortho intramolecular Hbond substituents is 1. The normalized spacial score (nSPS) is 17.6. The molecule has 0 amide bonds. The maximum atomic E-state index is 10.0. The van der Waals surface area contributed by atoms with E-state index in [9.17, 15) is 5.11 Å². The van der Waals surface area contributed by atoms with Crippen LogP contribution in [0.1, 0.15) is 18.4 Å². The van der Waals surface area contributed by atoms with E-state index in [1.165, 1.54) is 5.56 Å². The number of likely N-dealkylation sites (tertiary alicyclic amines) is 1. The largest absolute Gasteiger partial charge is 0.508 e. The molecule has 2 aromatic heterocycles. The number of rotatable bonds is 6. The number of ether oxygens (including phenoxy) is 1. The fourth-order valence-corrected chi connectivity index (χ4v) is 5.28. The summed E-state index contributed by atoms with van der Waals surface area (Å²) in [7, 11) is 0. The summed E-state index contributed by atoms with van der Waals surface area (Å²) in [6.07, 6.45) is 4.24. The predicted octanol–water partition coefficient (Wildman–Crippen LogP) is 3.95. The van der Waals surface area contributed by atoms with Crippen molar-refractivity contribution in [2.24, 2.45) is 5.92 Å². The molecule has 1 N–H and O–H groups in total. The second kappa shape index (κ2) is 10.2. The number of anilines is 1. The molecule has 2 fully saturated rings. The van der Waals surface area contributed by atoms with E-state index < -0.39 is 0 Å². The molecule has 8 nitrogen and oxygen atoms in total. The van der Waals surface area contributed by atoms with Gasteiger partial charge in [-0.25, -0.2) is 15.0 Å². The number of piperidine rings is 1. The average molecular weight is 485 g/mol. The van der Waals surface area contributed by atoms with Gasteiger partial charge < -0.3 is 19.3 Å². The Labute approximate surface area is 211 Å². The van der Waals surface area contributed by atoms with Crippen LogP contribution in [0.4, 0.5) is 5.82 Å². The molecule has 2 aromatic carbocycles. The van der Waals surface area contributed by atoms with Gasteiger partial charge in [0.05, 0.1) is 19.5 Å². The van der Waals surface area contributed by atoms with Gasteiger partial charge in [0.15, 0.2) is 22.8 Å². The summed E-state index contributed by atoms with van der Waals surface area (Å²) in [5.74, 6) is 2.25. The number of benzene rings is 2. The topological polar surface area (TPSA) is 79.5 Å². The monoisotopic (exact) mass is 484 g/mol. The lowest BCUT2D eigenvalue weighted by atomic mass is 9.96. The summed E-state index contributed by atoms with van der Waals surface area (Å²) in [5.41, 5.74) is 3.87. The number of aromatic hydroxyl groups is 1. The van der Waals surface area contributed by atoms with Crippen LogP contribution in [-0.2, 0) is 17.8 Å². The summed E-state index contributed by atoms with van der Waals surface area (Å²) in [6.45, 7) is 7.03. The van der Waals surface area contributed by atoms with Crippen LogP contribution < -0.4 is 4.90 Å². The van der Waals surface area contributed by atoms with Gasteiger partial charge in [0.1, 0.15) is 5.75 Å². The quantitative estimate of drug-likeness (QED) is 0.444. The molecule has 0 atom stereocenters. The number of nitrogens with zero attached hydrogens (tertiary/aromatic N) is 6. The first kappa shape index (κ1) is 22.9. The highest BCUT2D eigenvalue weighted by atomic mass is 16.5. The zero-order chi connectivity index (χ0) is 24.3. The second-order valence-electron chi connectivity index (χ2n) is 9.79. The third-order valence-corrected chi connectivity index (χ3v) is 7.27. The number of phenols is 1. The Balaban J connectivity index is 1.25. The van der Waals surface area contributed by atoms with Crippen molar-refractivity contribution in [3.8, 4) is 17.1 Å². The zero-order valence-corrected chi connectivity index (χ0v) is 20.5. The molecule has 0 aliphatic carbocycles. The van der Waals surface area contributed by atoms with Crippen LogP contribution >= 0.6 is 0 Å². The van der Waals surface area contributed by atoms with E-state index in [-0.39, 0.29) is 5.75 Å². The van der Waals surface area contributed by atoms with Crippen LogP contribution in [0.25, 0.3) is 22.6 Å². The van der Waals surface area contributed by atoms with Gasteiger partial charge in [0.25, 0.3) is 0 Å². The maximum absolute atomic E-state index is 10.0. The van der Waals surface area contributed by atoms with Crippen molar-refractivity contribution in [3.05, 3.63) is 66.5 Å². The average Bonchev–Trinajstić information content (AvgIpc) is 3.33. The van der Waals surface area contributed by atoms with E-state index in [1.807, 2.05) is 18.5 Å². The number of morpholine rings is 1. The maximum Gasteiger partial charge on any atom is 0.166 e. The zero-order valence-electron chi connectivity index (χ0n) is 20.5. The number of hydrogen-bond donors (Lipinski definition) is 1. The Morgan fingerprint density at radius 2 is 1.72 bits per heavy atom. The van der Waals surface area contributed by atoms with Crippen LogP contribution in [0.3, 0.4) is 0 Å². The molecule has 0 unspecified atom stereocenters. The van der Waals surface area contributed by atoms with Crippen molar-refractivity contribution in [2.45, 2.75) is 25.9 Å². The summed E-state index contributed by atoms with van der Waals surface area (Å²) < 4.78 is 7.77. The van der Waals surface area contributed by atoms with Crippen molar-refractivity contribution in [3.63, 3.8) is 0 Å². The molecule has 0 saturated carbocycles. The molecular formula is C28H32N6O2. The Hall–Kier alpha value is -3.49. The van der Waals surface area contributed by atoms with Crippen LogP contribution in [0.15, 0.2) is 60.9 Å². The van der Waals surface area contributed by atoms with Crippen LogP contribution in [0.5, 0.6) is 5.75 Å². The molecule has 2 aliphatic heterocycles. The molecule has 0 radical (unpaired) electrons. The highest BCUT2D eigenvalue weighted by Crippen LogP contribution is 2.30. The van der Waals surface area contributed by atoms with Crippen molar-refractivity contribution >= 4 is 17.0 Å². The Morgan fingerprint density at radius 3 is 2.50 bits per heavy atom. The van der Waals surface area contributed by atoms with Crippen molar-refractivity contribution < 1.29 is 9.84 Å². The van der Waals surface area contributed by atoms with Gasteiger partial charge in [-0.1, -0.05) is 42.5 Å². The summed E-state index contributed by atoms with van der Waals surface area (Å²) in [6, 6.07) is 17.9. The Bertz CT molecular complexity index is 1310. The van der Waals surface area contributed by atoms with Gasteiger partial charge in [-0.2, -0.15) is 0 Å². The minimum absolute atomic E-state index is 0.208. The molecular weight excluding hydrogens is 452 g/mol. The van der Waals surface area contributed by atoms with Crippen molar-refractivity contribution in [2.75, 3.05) is 44.3 Å². The van der Waals surface area contributed by atoms with Crippen LogP contribution in [0, 0.1) is 5.92 Å². The third kappa shape index (κ3) is 4.92. The SMILES string of the molecule is Oc1cccc(-c2nc(N3CCOCC3)c3ncn(CC4CCN(Cc5ccccc5)CC4)c3n2)c1. The summed E-state index contributed by atoms with van der Waals surface area (Å²) in [4.78, 5) is 19.4. The lowest BCUT2D eigenvalue weighted by Crippen LogP contribution is -2.37. The molecule has 36 heavy (non-hydrogen) atoms. The minimum Gasteiger partial charge on any atom is -0.508 e. The molecule has 0 spiro atoms. The molecule has 2 saturated heterocycles. The highest BCUT2D eigenvalue weighted by Gasteiger charge is 2.24. The fraction of sp³-hybridized carbons (Fsp3) is 0.393. The van der Waals surface area contributed by atoms with E-state index in [2.05, 4.69) is 44.7 Å². The predicted molar refractivity (Wildman–Crippen MR) is 140 cm³/mol. The molecule has 8 heteroatoms. The highest BCUT2D eigenvalue weighted by molar-refractivity contribution is 5.86. The number of imidazole rings is 1. The molecule has 6 rings (SSSR count). The van der Waals surface area contributed by atoms with Gasteiger partial charge in [-0.15, -0.1) is 0 Å². The van der Waals surface area contributed by atoms with Gasteiger partial charge in [0, 0.05) is 31.7 Å². The van der Waals surface area contributed by atoms with Gasteiger partial charge in [-0.05, 0) is 49.5 Å². The second-order valence-corrected chi connectivity index (χ2v) is 9.79. The minimum atomic E-state index is 0.208. The van der Waals surface area contributed by atoms with Gasteiger partial charge in [0.2, 0.25) is 0 Å². The van der Waals surface area contributed by atoms with E-state index >= 15 is 0 Å². The van der Waals surface area contributed by atoms with E-state index in [4.69, 9.17) is 19.7 Å². The lowest BCUT2D eigenvalue weighted by molar-refractivity contribution is 0.122. The molecule has 2 aliphatic rings. The smallest absolute Gasteiger partial charge is 0.166 e. The molecule has 4 aromatic rings. The molecule has 0 bridgehead atoms. The first-order chi connectivity index (χ1) is 17.7. The number of fused-ring (bicyclic) bond motifs is 1. The van der Waals surface area contributed by atoms with Gasteiger partial charge >= 0.3 is 0 Å². The standard InChI is InChI=1S/C28H32N6O2/c35-24-8-4-7-23(17-24)26-30-27(33-13-15-36-16-14-33)25-28(31-26)34(20-29-25)19-22-9-11-32(12-10-22)18-21-5-2-1-3-6-21/h1-8,17,20,22,35H,9-16,18-19H2. The van der Waals surface area contributed by atoms with Crippen molar-refractivity contribution in [1.29, 1.82) is 0 Å². The third-order valence-electron chi connectivity index (χ3n) is 7.27. The number of hydrogen-bond acceptors (Lipinski definition) is 7. The summed E-state index contributed by atoms with van der Waals surface area (Å²) >= 11 is 0. The van der Waals surface area contributed by atoms with E-state index in [0.29, 0.717) is 25.0 Å². The van der Waals surface area contributed by atoms with Crippen LogP contribution in [-0.4, -0.2) is 68.9 Å². The summed E-state index contributed by atoms with van der Waals surface area (Å²) in [5, 5.41) is 10.0. The van der Waals surface area contributed by atoms with Crippen molar-refractivity contribution in [1.82, 2.24) is 24.4 Å². The molecule has 4 heterocycles. The van der Waals surface area contributed by atoms with Gasteiger partial charge in [-0.3, -0.25) is 4.90 Å². The molecule has 186 valence electrons.